The van der Waals surface area contributed by atoms with Crippen LogP contribution in [0, 0.1) is 13.8 Å². The molecule has 0 saturated carbocycles. The lowest BCUT2D eigenvalue weighted by Crippen LogP contribution is -2.11. The molecule has 0 unspecified atom stereocenters. The van der Waals surface area contributed by atoms with Gasteiger partial charge in [0.05, 0.1) is 0 Å². The second-order valence-electron chi connectivity index (χ2n) is 5.06. The number of benzene rings is 1. The maximum atomic E-state index is 11.5. The predicted octanol–water partition coefficient (Wildman–Crippen LogP) is 3.58. The first-order valence-electron chi connectivity index (χ1n) is 6.29. The van der Waals surface area contributed by atoms with Gasteiger partial charge in [0.1, 0.15) is 0 Å². The number of aromatic nitrogens is 1. The van der Waals surface area contributed by atoms with Crippen LogP contribution in [0.3, 0.4) is 0 Å². The number of pyridine rings is 1. The van der Waals surface area contributed by atoms with Crippen LogP contribution in [0.15, 0.2) is 41.2 Å². The molecule has 0 spiro atoms. The van der Waals surface area contributed by atoms with Gasteiger partial charge in [-0.3, -0.25) is 4.79 Å². The third-order valence-electron chi connectivity index (χ3n) is 3.20. The lowest BCUT2D eigenvalue weighted by Gasteiger charge is -2.16. The monoisotopic (exact) mass is 241 g/mol. The number of aryl methyl sites for hydroxylation is 2. The first kappa shape index (κ1) is 12.6. The van der Waals surface area contributed by atoms with Crippen LogP contribution in [-0.4, -0.2) is 4.57 Å². The highest BCUT2D eigenvalue weighted by molar-refractivity contribution is 5.40. The average molecular weight is 241 g/mol. The summed E-state index contributed by atoms with van der Waals surface area (Å²) in [4.78, 5) is 11.5. The van der Waals surface area contributed by atoms with Gasteiger partial charge >= 0.3 is 0 Å². The van der Waals surface area contributed by atoms with Crippen LogP contribution in [0.25, 0.3) is 5.69 Å². The van der Waals surface area contributed by atoms with E-state index < -0.39 is 0 Å². The Balaban J connectivity index is 2.62. The van der Waals surface area contributed by atoms with Gasteiger partial charge in [-0.2, -0.15) is 0 Å². The Hall–Kier alpha value is -1.83. The van der Waals surface area contributed by atoms with Crippen LogP contribution in [0.1, 0.15) is 36.7 Å². The topological polar surface area (TPSA) is 22.0 Å². The minimum Gasteiger partial charge on any atom is -0.318 e. The summed E-state index contributed by atoms with van der Waals surface area (Å²) < 4.78 is 2.12. The molecule has 0 N–H and O–H groups in total. The van der Waals surface area contributed by atoms with Gasteiger partial charge in [0.15, 0.2) is 5.43 Å². The Morgan fingerprint density at radius 3 is 2.17 bits per heavy atom. The van der Waals surface area contributed by atoms with Crippen LogP contribution >= 0.6 is 0 Å². The summed E-state index contributed by atoms with van der Waals surface area (Å²) >= 11 is 0. The molecule has 0 fully saturated rings. The highest BCUT2D eigenvalue weighted by Gasteiger charge is 2.06. The molecule has 0 atom stereocenters. The van der Waals surface area contributed by atoms with E-state index in [1.54, 1.807) is 12.1 Å². The number of nitrogens with zero attached hydrogens (tertiary/aromatic N) is 1. The van der Waals surface area contributed by atoms with Gasteiger partial charge in [0.25, 0.3) is 0 Å². The van der Waals surface area contributed by atoms with Crippen LogP contribution in [-0.2, 0) is 0 Å². The molecule has 2 nitrogen and oxygen atoms in total. The van der Waals surface area contributed by atoms with Crippen molar-refractivity contribution in [1.29, 1.82) is 0 Å². The average Bonchev–Trinajstić information content (AvgIpc) is 2.28. The van der Waals surface area contributed by atoms with Crippen molar-refractivity contribution in [2.45, 2.75) is 33.6 Å². The van der Waals surface area contributed by atoms with Crippen LogP contribution < -0.4 is 5.43 Å². The summed E-state index contributed by atoms with van der Waals surface area (Å²) in [5.41, 5.74) is 4.45. The molecule has 94 valence electrons. The third-order valence-corrected chi connectivity index (χ3v) is 3.20. The molecule has 0 saturated heterocycles. The van der Waals surface area contributed by atoms with Crippen molar-refractivity contribution in [2.24, 2.45) is 0 Å². The Bertz CT molecular complexity index is 597. The van der Waals surface area contributed by atoms with E-state index in [2.05, 4.69) is 42.7 Å². The molecule has 2 rings (SSSR count). The van der Waals surface area contributed by atoms with E-state index in [4.69, 9.17) is 0 Å². The van der Waals surface area contributed by atoms with E-state index in [9.17, 15) is 4.79 Å². The fraction of sp³-hybridized carbons (Fsp3) is 0.312. The lowest BCUT2D eigenvalue weighted by molar-refractivity contribution is 0.855. The van der Waals surface area contributed by atoms with Crippen LogP contribution in [0.5, 0.6) is 0 Å². The summed E-state index contributed by atoms with van der Waals surface area (Å²) in [6.07, 6.45) is 0. The molecule has 0 aliphatic rings. The molecule has 18 heavy (non-hydrogen) atoms. The summed E-state index contributed by atoms with van der Waals surface area (Å²) in [6.45, 7) is 8.31. The molecule has 0 aliphatic heterocycles. The molecule has 2 heteroatoms. The summed E-state index contributed by atoms with van der Waals surface area (Å²) in [7, 11) is 0. The summed E-state index contributed by atoms with van der Waals surface area (Å²) in [5, 5.41) is 0. The van der Waals surface area contributed by atoms with Crippen molar-refractivity contribution in [2.75, 3.05) is 0 Å². The quantitative estimate of drug-likeness (QED) is 0.787. The van der Waals surface area contributed by atoms with E-state index in [0.717, 1.165) is 17.1 Å². The minimum atomic E-state index is 0.0706. The third kappa shape index (κ3) is 2.37. The maximum Gasteiger partial charge on any atom is 0.182 e. The van der Waals surface area contributed by atoms with Crippen molar-refractivity contribution < 1.29 is 0 Å². The van der Waals surface area contributed by atoms with Crippen molar-refractivity contribution in [1.82, 2.24) is 4.57 Å². The van der Waals surface area contributed by atoms with Gasteiger partial charge < -0.3 is 4.57 Å². The van der Waals surface area contributed by atoms with Gasteiger partial charge in [-0.25, -0.2) is 0 Å². The van der Waals surface area contributed by atoms with E-state index >= 15 is 0 Å². The molecule has 0 aliphatic carbocycles. The smallest absolute Gasteiger partial charge is 0.182 e. The largest absolute Gasteiger partial charge is 0.318 e. The molecular weight excluding hydrogens is 222 g/mol. The number of rotatable bonds is 2. The van der Waals surface area contributed by atoms with Gasteiger partial charge in [-0.1, -0.05) is 26.0 Å². The SMILES string of the molecule is Cc1cc(=O)cc(C)n1-c1cccc(C(C)C)c1. The fourth-order valence-electron chi connectivity index (χ4n) is 2.29. The van der Waals surface area contributed by atoms with Gasteiger partial charge in [0.2, 0.25) is 0 Å². The molecule has 0 radical (unpaired) electrons. The maximum absolute atomic E-state index is 11.5. The highest BCUT2D eigenvalue weighted by atomic mass is 16.1. The van der Waals surface area contributed by atoms with Crippen molar-refractivity contribution >= 4 is 0 Å². The highest BCUT2D eigenvalue weighted by Crippen LogP contribution is 2.19. The molecule has 0 bridgehead atoms. The predicted molar refractivity (Wildman–Crippen MR) is 75.6 cm³/mol. The standard InChI is InChI=1S/C16H19NO/c1-11(2)14-6-5-7-15(10-14)17-12(3)8-16(18)9-13(17)4/h5-11H,1-4H3. The zero-order valence-electron chi connectivity index (χ0n) is 11.4. The Labute approximate surface area is 108 Å². The van der Waals surface area contributed by atoms with Gasteiger partial charge in [0, 0.05) is 29.2 Å². The van der Waals surface area contributed by atoms with E-state index in [1.807, 2.05) is 13.8 Å². The van der Waals surface area contributed by atoms with E-state index in [0.29, 0.717) is 5.92 Å². The Morgan fingerprint density at radius 1 is 1.00 bits per heavy atom. The molecule has 1 aromatic heterocycles. The first-order chi connectivity index (χ1) is 8.49. The number of hydrogen-bond donors (Lipinski definition) is 0. The zero-order chi connectivity index (χ0) is 13.3. The van der Waals surface area contributed by atoms with Crippen molar-refractivity contribution in [3.05, 3.63) is 63.6 Å². The Morgan fingerprint density at radius 2 is 1.61 bits per heavy atom. The second kappa shape index (κ2) is 4.81. The lowest BCUT2D eigenvalue weighted by atomic mass is 10.0. The van der Waals surface area contributed by atoms with Gasteiger partial charge in [-0.15, -0.1) is 0 Å². The summed E-state index contributed by atoms with van der Waals surface area (Å²) in [5.74, 6) is 0.505. The van der Waals surface area contributed by atoms with Gasteiger partial charge in [-0.05, 0) is 37.5 Å². The van der Waals surface area contributed by atoms with Crippen LogP contribution in [0.4, 0.5) is 0 Å². The Kier molecular flexibility index (Phi) is 3.37. The number of hydrogen-bond acceptors (Lipinski definition) is 1. The van der Waals surface area contributed by atoms with E-state index in [1.165, 1.54) is 5.56 Å². The fourth-order valence-corrected chi connectivity index (χ4v) is 2.29. The molecule has 1 aromatic carbocycles. The molecule has 2 aromatic rings. The minimum absolute atomic E-state index is 0.0706. The van der Waals surface area contributed by atoms with Crippen molar-refractivity contribution in [3.63, 3.8) is 0 Å². The molecule has 1 heterocycles. The van der Waals surface area contributed by atoms with E-state index in [-0.39, 0.29) is 5.43 Å². The second-order valence-corrected chi connectivity index (χ2v) is 5.06. The van der Waals surface area contributed by atoms with Crippen LogP contribution in [0.2, 0.25) is 0 Å². The molecular formula is C16H19NO. The normalized spacial score (nSPS) is 10.9. The summed E-state index contributed by atoms with van der Waals surface area (Å²) in [6, 6.07) is 11.8. The zero-order valence-corrected chi connectivity index (χ0v) is 11.4. The molecule has 0 amide bonds. The van der Waals surface area contributed by atoms with Crippen molar-refractivity contribution in [3.8, 4) is 5.69 Å². The first-order valence-corrected chi connectivity index (χ1v) is 6.29.